The van der Waals surface area contributed by atoms with Gasteiger partial charge in [0.2, 0.25) is 5.91 Å². The molecule has 3 unspecified atom stereocenters. The molecule has 0 aromatic carbocycles. The Morgan fingerprint density at radius 1 is 0.462 bits per heavy atom. The number of esters is 1. The molecule has 78 heavy (non-hydrogen) atoms. The first kappa shape index (κ1) is 74.7. The van der Waals surface area contributed by atoms with E-state index in [-0.39, 0.29) is 31.5 Å². The minimum atomic E-state index is -4.46. The van der Waals surface area contributed by atoms with Gasteiger partial charge in [-0.15, -0.1) is 0 Å². The highest BCUT2D eigenvalue weighted by Crippen LogP contribution is 2.43. The SMILES string of the molecule is CC/C=C\C/C=C\C/C=C\C/C=C\C/C=C\C/C=C\CCCCCCCCC(=O)OC(/C=C\CCCCCCCCCCCCC)C(COP(=O)(O)OCC[N+](C)(C)C)NC(=O)CCCCCCCCC/C=C/C/C=C/CC. The Labute approximate surface area is 481 Å². The molecule has 0 bridgehead atoms. The highest BCUT2D eigenvalue weighted by molar-refractivity contribution is 7.47. The van der Waals surface area contributed by atoms with Crippen molar-refractivity contribution in [2.75, 3.05) is 40.9 Å². The second-order valence-electron chi connectivity index (χ2n) is 22.2. The highest BCUT2D eigenvalue weighted by atomic mass is 31.2. The number of phosphoric acid groups is 1. The summed E-state index contributed by atoms with van der Waals surface area (Å²) in [7, 11) is 1.47. The fourth-order valence-corrected chi connectivity index (χ4v) is 9.36. The van der Waals surface area contributed by atoms with Crippen molar-refractivity contribution in [1.29, 1.82) is 0 Å². The molecule has 0 saturated heterocycles. The molecule has 0 aliphatic rings. The first-order valence-corrected chi connectivity index (χ1v) is 33.2. The van der Waals surface area contributed by atoms with Gasteiger partial charge in [-0.2, -0.15) is 0 Å². The van der Waals surface area contributed by atoms with Crippen molar-refractivity contribution in [1.82, 2.24) is 5.32 Å². The van der Waals surface area contributed by atoms with E-state index >= 15 is 0 Å². The maximum absolute atomic E-state index is 13.5. The number of nitrogens with zero attached hydrogens (tertiary/aromatic N) is 1. The largest absolute Gasteiger partial charge is 0.472 e. The smallest absolute Gasteiger partial charge is 0.456 e. The van der Waals surface area contributed by atoms with Crippen LogP contribution in [0.15, 0.2) is 109 Å². The van der Waals surface area contributed by atoms with Crippen LogP contribution >= 0.6 is 7.82 Å². The van der Waals surface area contributed by atoms with Crippen LogP contribution in [0.3, 0.4) is 0 Å². The maximum atomic E-state index is 13.5. The fourth-order valence-electron chi connectivity index (χ4n) is 8.63. The molecule has 0 saturated carbocycles. The van der Waals surface area contributed by atoms with Crippen molar-refractivity contribution < 1.29 is 37.3 Å². The zero-order chi connectivity index (χ0) is 57.2. The molecule has 0 aromatic heterocycles. The lowest BCUT2D eigenvalue weighted by Crippen LogP contribution is -2.47. The number of carbonyl (C=O) groups is 2. The first-order valence-electron chi connectivity index (χ1n) is 31.7. The number of ether oxygens (including phenoxy) is 1. The Hall–Kier alpha value is -3.33. The molecule has 10 heteroatoms. The van der Waals surface area contributed by atoms with Crippen molar-refractivity contribution in [2.45, 2.75) is 270 Å². The van der Waals surface area contributed by atoms with Gasteiger partial charge in [0.15, 0.2) is 0 Å². The fraction of sp³-hybridized carbons (Fsp3) is 0.706. The van der Waals surface area contributed by atoms with Crippen LogP contribution in [-0.4, -0.2) is 74.3 Å². The van der Waals surface area contributed by atoms with Crippen LogP contribution in [0.1, 0.15) is 258 Å². The number of likely N-dealkylation sites (N-methyl/N-ethyl adjacent to an activating group) is 1. The molecule has 0 fully saturated rings. The minimum absolute atomic E-state index is 0.0308. The number of unbranched alkanes of at least 4 members (excludes halogenated alkanes) is 24. The van der Waals surface area contributed by atoms with Crippen molar-refractivity contribution in [3.05, 3.63) is 109 Å². The van der Waals surface area contributed by atoms with Gasteiger partial charge in [0.05, 0.1) is 33.8 Å². The van der Waals surface area contributed by atoms with Crippen LogP contribution in [0.25, 0.3) is 0 Å². The molecule has 0 rings (SSSR count). The van der Waals surface area contributed by atoms with Crippen molar-refractivity contribution >= 4 is 19.7 Å². The van der Waals surface area contributed by atoms with Gasteiger partial charge in [0.25, 0.3) is 0 Å². The molecule has 9 nitrogen and oxygen atoms in total. The van der Waals surface area contributed by atoms with Crippen LogP contribution in [0.5, 0.6) is 0 Å². The van der Waals surface area contributed by atoms with Gasteiger partial charge in [-0.1, -0.05) is 246 Å². The maximum Gasteiger partial charge on any atom is 0.472 e. The average molecular weight is 1110 g/mol. The third-order valence-corrected chi connectivity index (χ3v) is 14.4. The Kier molecular flexibility index (Phi) is 54.5. The van der Waals surface area contributed by atoms with E-state index in [0.29, 0.717) is 23.9 Å². The van der Waals surface area contributed by atoms with E-state index in [0.717, 1.165) is 141 Å². The number of rotatable bonds is 56. The summed E-state index contributed by atoms with van der Waals surface area (Å²) in [6.07, 6.45) is 78.0. The zero-order valence-corrected chi connectivity index (χ0v) is 52.0. The predicted molar refractivity (Wildman–Crippen MR) is 337 cm³/mol. The summed E-state index contributed by atoms with van der Waals surface area (Å²) in [5, 5.41) is 3.05. The number of allylic oxidation sites excluding steroid dienone is 17. The monoisotopic (exact) mass is 1110 g/mol. The molecule has 448 valence electrons. The summed E-state index contributed by atoms with van der Waals surface area (Å²) < 4.78 is 30.7. The molecular weight excluding hydrogens is 988 g/mol. The summed E-state index contributed by atoms with van der Waals surface area (Å²) in [6.45, 7) is 6.77. The molecule has 0 heterocycles. The molecule has 2 N–H and O–H groups in total. The number of amides is 1. The van der Waals surface area contributed by atoms with Gasteiger partial charge in [0.1, 0.15) is 19.3 Å². The number of phosphoric ester groups is 1. The molecule has 0 spiro atoms. The molecule has 0 aliphatic carbocycles. The van der Waals surface area contributed by atoms with E-state index in [1.807, 2.05) is 33.3 Å². The van der Waals surface area contributed by atoms with Crippen LogP contribution in [0, 0.1) is 0 Å². The number of nitrogens with one attached hydrogen (secondary N) is 1. The van der Waals surface area contributed by atoms with E-state index in [4.69, 9.17) is 13.8 Å². The predicted octanol–water partition coefficient (Wildman–Crippen LogP) is 19.7. The van der Waals surface area contributed by atoms with Gasteiger partial charge >= 0.3 is 13.8 Å². The highest BCUT2D eigenvalue weighted by Gasteiger charge is 2.30. The van der Waals surface area contributed by atoms with Crippen LogP contribution in [0.4, 0.5) is 0 Å². The topological polar surface area (TPSA) is 111 Å². The molecule has 0 aliphatic heterocycles. The second kappa shape index (κ2) is 56.9. The van der Waals surface area contributed by atoms with E-state index in [1.54, 1.807) is 0 Å². The van der Waals surface area contributed by atoms with Gasteiger partial charge in [-0.3, -0.25) is 18.6 Å². The number of hydrogen-bond donors (Lipinski definition) is 2. The lowest BCUT2D eigenvalue weighted by Gasteiger charge is -2.27. The Morgan fingerprint density at radius 3 is 1.23 bits per heavy atom. The first-order chi connectivity index (χ1) is 37.9. The summed E-state index contributed by atoms with van der Waals surface area (Å²) in [6, 6.07) is -0.865. The average Bonchev–Trinajstić information content (AvgIpc) is 3.40. The Morgan fingerprint density at radius 2 is 0.821 bits per heavy atom. The lowest BCUT2D eigenvalue weighted by molar-refractivity contribution is -0.870. The van der Waals surface area contributed by atoms with Gasteiger partial charge < -0.3 is 19.4 Å². The summed E-state index contributed by atoms with van der Waals surface area (Å²) in [5.41, 5.74) is 0. The Balaban J connectivity index is 5.24. The van der Waals surface area contributed by atoms with Gasteiger partial charge in [0, 0.05) is 12.8 Å². The van der Waals surface area contributed by atoms with Gasteiger partial charge in [-0.25, -0.2) is 4.57 Å². The van der Waals surface area contributed by atoms with Crippen LogP contribution in [0.2, 0.25) is 0 Å². The van der Waals surface area contributed by atoms with Gasteiger partial charge in [-0.05, 0) is 109 Å². The number of quaternary nitrogens is 1. The standard InChI is InChI=1S/C68H119N2O7P/c1-7-10-13-16-19-22-25-28-30-31-32-33-34-35-36-37-38-39-40-43-46-49-52-55-58-61-68(72)77-66(59-56-53-50-47-44-41-27-24-21-18-15-12-9-3)65(64-76-78(73,74)75-63-62-70(4,5)6)69-67(71)60-57-54-51-48-45-42-29-26-23-20-17-14-11-8-2/h10-11,13-14,19-20,22-23,28,30,32-33,35-36,38-39,56,59,65-66H,7-9,12,15-18,21,24-27,29,31,34,37,40-55,57-58,60-64H2,1-6H3,(H-,69,71,73,74)/p+1/b13-10-,14-11+,22-19-,23-20+,30-28-,33-32-,36-35-,39-38-,59-56-. The molecule has 0 aromatic rings. The van der Waals surface area contributed by atoms with E-state index in [1.165, 1.54) is 77.0 Å². The summed E-state index contributed by atoms with van der Waals surface area (Å²) >= 11 is 0. The number of carbonyl (C=O) groups excluding carboxylic acids is 2. The van der Waals surface area contributed by atoms with Crippen molar-refractivity contribution in [3.63, 3.8) is 0 Å². The van der Waals surface area contributed by atoms with E-state index in [2.05, 4.69) is 123 Å². The second-order valence-corrected chi connectivity index (χ2v) is 23.6. The quantitative estimate of drug-likeness (QED) is 0.0205. The molecule has 0 radical (unpaired) electrons. The Bertz CT molecular complexity index is 1700. The third kappa shape index (κ3) is 57.4. The minimum Gasteiger partial charge on any atom is -0.456 e. The lowest BCUT2D eigenvalue weighted by atomic mass is 10.0. The summed E-state index contributed by atoms with van der Waals surface area (Å²) in [4.78, 5) is 37.7. The number of hydrogen-bond acceptors (Lipinski definition) is 6. The summed E-state index contributed by atoms with van der Waals surface area (Å²) in [5.74, 6) is -0.536. The third-order valence-electron chi connectivity index (χ3n) is 13.5. The van der Waals surface area contributed by atoms with Crippen LogP contribution in [-0.2, 0) is 27.9 Å². The van der Waals surface area contributed by atoms with Crippen LogP contribution < -0.4 is 5.32 Å². The zero-order valence-electron chi connectivity index (χ0n) is 51.1. The van der Waals surface area contributed by atoms with E-state index < -0.39 is 20.0 Å². The van der Waals surface area contributed by atoms with Crippen molar-refractivity contribution in [3.8, 4) is 0 Å². The normalized spacial score (nSPS) is 14.4. The molecule has 3 atom stereocenters. The van der Waals surface area contributed by atoms with E-state index in [9.17, 15) is 19.0 Å². The van der Waals surface area contributed by atoms with Crippen molar-refractivity contribution in [2.24, 2.45) is 0 Å². The molecule has 1 amide bonds. The molecular formula is C68H120N2O7P+.